The normalized spacial score (nSPS) is 21.5. The molecule has 0 aromatic heterocycles. The zero-order chi connectivity index (χ0) is 19.9. The number of ketones is 1. The van der Waals surface area contributed by atoms with Crippen molar-refractivity contribution < 1.29 is 24.2 Å². The minimum Gasteiger partial charge on any atom is -0.504 e. The van der Waals surface area contributed by atoms with Gasteiger partial charge in [0.25, 0.3) is 0 Å². The van der Waals surface area contributed by atoms with E-state index in [4.69, 9.17) is 9.47 Å². The second-order valence-electron chi connectivity index (χ2n) is 7.85. The summed E-state index contributed by atoms with van der Waals surface area (Å²) >= 11 is 0. The number of benzene rings is 1. The Morgan fingerprint density at radius 1 is 1.26 bits per heavy atom. The molecule has 2 aliphatic rings. The Hall–Kier alpha value is -2.76. The van der Waals surface area contributed by atoms with Crippen LogP contribution in [-0.2, 0) is 14.3 Å². The highest BCUT2D eigenvalue weighted by molar-refractivity contribution is 6.04. The molecule has 27 heavy (non-hydrogen) atoms. The Kier molecular flexibility index (Phi) is 4.76. The lowest BCUT2D eigenvalue weighted by Crippen LogP contribution is -2.38. The van der Waals surface area contributed by atoms with Crippen molar-refractivity contribution in [1.82, 2.24) is 5.32 Å². The molecular formula is C21H25NO5. The van der Waals surface area contributed by atoms with E-state index >= 15 is 0 Å². The number of phenols is 1. The standard InChI is InChI=1S/C21H25NO5/c1-11-17(20(25)27-5)18(12-6-7-16(26-4)14(23)8-12)19-13(22-11)9-21(2,3)10-15(19)24/h6-8,18,22-23H,9-10H2,1-5H3/t18-/m0/s1. The molecule has 0 unspecified atom stereocenters. The maximum absolute atomic E-state index is 13.0. The fraction of sp³-hybridized carbons (Fsp3) is 0.429. The quantitative estimate of drug-likeness (QED) is 0.794. The fourth-order valence-corrected chi connectivity index (χ4v) is 4.04. The summed E-state index contributed by atoms with van der Waals surface area (Å²) in [5.41, 5.74) is 2.94. The molecule has 1 atom stereocenters. The molecule has 3 rings (SSSR count). The summed E-state index contributed by atoms with van der Waals surface area (Å²) in [6, 6.07) is 4.94. The van der Waals surface area contributed by atoms with Crippen LogP contribution in [0.25, 0.3) is 0 Å². The minimum absolute atomic E-state index is 0.00274. The van der Waals surface area contributed by atoms with Gasteiger partial charge in [-0.25, -0.2) is 4.79 Å². The number of aromatic hydroxyl groups is 1. The van der Waals surface area contributed by atoms with E-state index in [1.807, 2.05) is 0 Å². The molecule has 1 aromatic rings. The molecular weight excluding hydrogens is 346 g/mol. The number of Topliss-reactive ketones (excluding diaryl/α,β-unsaturated/α-hetero) is 1. The highest BCUT2D eigenvalue weighted by Crippen LogP contribution is 2.47. The minimum atomic E-state index is -0.589. The van der Waals surface area contributed by atoms with Gasteiger partial charge in [-0.15, -0.1) is 0 Å². The van der Waals surface area contributed by atoms with Gasteiger partial charge in [0.05, 0.1) is 19.8 Å². The molecule has 6 heteroatoms. The van der Waals surface area contributed by atoms with E-state index in [0.717, 1.165) is 5.70 Å². The first-order valence-electron chi connectivity index (χ1n) is 8.87. The summed E-state index contributed by atoms with van der Waals surface area (Å²) in [7, 11) is 2.79. The van der Waals surface area contributed by atoms with Crippen molar-refractivity contribution in [2.75, 3.05) is 14.2 Å². The third-order valence-electron chi connectivity index (χ3n) is 5.18. The van der Waals surface area contributed by atoms with Gasteiger partial charge in [-0.3, -0.25) is 4.79 Å². The Morgan fingerprint density at radius 2 is 1.96 bits per heavy atom. The van der Waals surface area contributed by atoms with E-state index in [0.29, 0.717) is 41.0 Å². The summed E-state index contributed by atoms with van der Waals surface area (Å²) in [5.74, 6) is -0.791. The van der Waals surface area contributed by atoms with E-state index in [9.17, 15) is 14.7 Å². The molecule has 1 heterocycles. The molecule has 0 amide bonds. The van der Waals surface area contributed by atoms with Crippen molar-refractivity contribution in [2.45, 2.75) is 39.5 Å². The molecule has 6 nitrogen and oxygen atoms in total. The number of phenolic OH excluding ortho intramolecular Hbond substituents is 1. The molecule has 1 aromatic carbocycles. The molecule has 0 saturated heterocycles. The molecule has 2 N–H and O–H groups in total. The molecule has 1 aliphatic carbocycles. The summed E-state index contributed by atoms with van der Waals surface area (Å²) in [4.78, 5) is 25.6. The van der Waals surface area contributed by atoms with Crippen LogP contribution in [0.3, 0.4) is 0 Å². The van der Waals surface area contributed by atoms with E-state index < -0.39 is 11.9 Å². The van der Waals surface area contributed by atoms with Gasteiger partial charge in [0.1, 0.15) is 0 Å². The Bertz CT molecular complexity index is 879. The number of rotatable bonds is 3. The van der Waals surface area contributed by atoms with E-state index in [1.54, 1.807) is 25.1 Å². The SMILES string of the molecule is COC(=O)C1=C(C)NC2=C(C(=O)CC(C)(C)C2)[C@H]1c1ccc(OC)c(O)c1. The van der Waals surface area contributed by atoms with Gasteiger partial charge in [0, 0.05) is 29.3 Å². The third-order valence-corrected chi connectivity index (χ3v) is 5.18. The van der Waals surface area contributed by atoms with Crippen molar-refractivity contribution in [3.63, 3.8) is 0 Å². The number of allylic oxidation sites excluding steroid dienone is 3. The zero-order valence-corrected chi connectivity index (χ0v) is 16.3. The van der Waals surface area contributed by atoms with Gasteiger partial charge < -0.3 is 19.9 Å². The number of nitrogens with one attached hydrogen (secondary N) is 1. The third kappa shape index (κ3) is 3.31. The van der Waals surface area contributed by atoms with Gasteiger partial charge in [0.15, 0.2) is 17.3 Å². The van der Waals surface area contributed by atoms with Crippen LogP contribution in [0.2, 0.25) is 0 Å². The predicted molar refractivity (Wildman–Crippen MR) is 100 cm³/mol. The first-order valence-corrected chi connectivity index (χ1v) is 8.87. The molecule has 0 spiro atoms. The zero-order valence-electron chi connectivity index (χ0n) is 16.3. The lowest BCUT2D eigenvalue weighted by Gasteiger charge is -2.39. The van der Waals surface area contributed by atoms with Crippen molar-refractivity contribution in [2.24, 2.45) is 5.41 Å². The Labute approximate surface area is 158 Å². The van der Waals surface area contributed by atoms with Gasteiger partial charge >= 0.3 is 5.97 Å². The van der Waals surface area contributed by atoms with Gasteiger partial charge in [-0.05, 0) is 36.5 Å². The van der Waals surface area contributed by atoms with Crippen LogP contribution in [-0.4, -0.2) is 31.1 Å². The largest absolute Gasteiger partial charge is 0.504 e. The van der Waals surface area contributed by atoms with E-state index in [2.05, 4.69) is 19.2 Å². The summed E-state index contributed by atoms with van der Waals surface area (Å²) in [5, 5.41) is 13.5. The average molecular weight is 371 g/mol. The van der Waals surface area contributed by atoms with Crippen molar-refractivity contribution >= 4 is 11.8 Å². The highest BCUT2D eigenvalue weighted by Gasteiger charge is 2.43. The van der Waals surface area contributed by atoms with Crippen LogP contribution in [0.1, 0.15) is 45.1 Å². The molecule has 0 fully saturated rings. The number of esters is 1. The van der Waals surface area contributed by atoms with Crippen molar-refractivity contribution in [3.05, 3.63) is 46.3 Å². The monoisotopic (exact) mass is 371 g/mol. The van der Waals surface area contributed by atoms with Crippen LogP contribution in [0.5, 0.6) is 11.5 Å². The van der Waals surface area contributed by atoms with Gasteiger partial charge in [-0.2, -0.15) is 0 Å². The number of carbonyl (C=O) groups is 2. The first-order chi connectivity index (χ1) is 12.7. The fourth-order valence-electron chi connectivity index (χ4n) is 4.04. The van der Waals surface area contributed by atoms with Crippen LogP contribution in [0.15, 0.2) is 40.7 Å². The first kappa shape index (κ1) is 19.0. The number of ether oxygens (including phenoxy) is 2. The number of methoxy groups -OCH3 is 2. The van der Waals surface area contributed by atoms with Crippen LogP contribution in [0.4, 0.5) is 0 Å². The molecule has 0 radical (unpaired) electrons. The average Bonchev–Trinajstić information content (AvgIpc) is 2.58. The van der Waals surface area contributed by atoms with Gasteiger partial charge in [-0.1, -0.05) is 19.9 Å². The second kappa shape index (κ2) is 6.76. The van der Waals surface area contributed by atoms with Gasteiger partial charge in [0.2, 0.25) is 0 Å². The van der Waals surface area contributed by atoms with E-state index in [1.165, 1.54) is 14.2 Å². The Balaban J connectivity index is 2.21. The molecule has 1 aliphatic heterocycles. The number of dihydropyridines is 1. The number of carbonyl (C=O) groups excluding carboxylic acids is 2. The van der Waals surface area contributed by atoms with E-state index in [-0.39, 0.29) is 16.9 Å². The summed E-state index contributed by atoms with van der Waals surface area (Å²) < 4.78 is 10.1. The van der Waals surface area contributed by atoms with Crippen LogP contribution in [0, 0.1) is 5.41 Å². The predicted octanol–water partition coefficient (Wildman–Crippen LogP) is 3.18. The smallest absolute Gasteiger partial charge is 0.336 e. The highest BCUT2D eigenvalue weighted by atomic mass is 16.5. The maximum atomic E-state index is 13.0. The maximum Gasteiger partial charge on any atom is 0.336 e. The van der Waals surface area contributed by atoms with Crippen molar-refractivity contribution in [3.8, 4) is 11.5 Å². The van der Waals surface area contributed by atoms with Crippen LogP contribution >= 0.6 is 0 Å². The number of hydrogen-bond acceptors (Lipinski definition) is 6. The lowest BCUT2D eigenvalue weighted by molar-refractivity contribution is -0.136. The molecule has 0 saturated carbocycles. The summed E-state index contributed by atoms with van der Waals surface area (Å²) in [6.07, 6.45) is 1.11. The number of hydrogen-bond donors (Lipinski definition) is 2. The topological polar surface area (TPSA) is 84.9 Å². The Morgan fingerprint density at radius 3 is 2.56 bits per heavy atom. The molecule has 144 valence electrons. The second-order valence-corrected chi connectivity index (χ2v) is 7.85. The van der Waals surface area contributed by atoms with Crippen LogP contribution < -0.4 is 10.1 Å². The molecule has 0 bridgehead atoms. The van der Waals surface area contributed by atoms with Crippen molar-refractivity contribution in [1.29, 1.82) is 0 Å². The lowest BCUT2D eigenvalue weighted by atomic mass is 9.68. The summed E-state index contributed by atoms with van der Waals surface area (Å²) in [6.45, 7) is 5.91.